The average molecular weight is 490 g/mol. The lowest BCUT2D eigenvalue weighted by Gasteiger charge is -2.26. The molecule has 0 unspecified atom stereocenters. The van der Waals surface area contributed by atoms with Crippen molar-refractivity contribution in [3.63, 3.8) is 0 Å². The smallest absolute Gasteiger partial charge is 0.393 e. The van der Waals surface area contributed by atoms with Crippen molar-refractivity contribution in [2.45, 2.75) is 26.8 Å². The van der Waals surface area contributed by atoms with E-state index in [1.54, 1.807) is 6.07 Å². The maximum Gasteiger partial charge on any atom is 0.417 e. The Labute approximate surface area is 182 Å². The lowest BCUT2D eigenvalue weighted by Crippen LogP contribution is -2.49. The summed E-state index contributed by atoms with van der Waals surface area (Å²) in [5.74, 6) is 0. The topological polar surface area (TPSA) is 136 Å². The van der Waals surface area contributed by atoms with E-state index in [4.69, 9.17) is 5.26 Å². The maximum atomic E-state index is 13.3. The highest BCUT2D eigenvalue weighted by Crippen LogP contribution is 2.38. The molecule has 1 saturated heterocycles. The Morgan fingerprint density at radius 3 is 2.22 bits per heavy atom. The van der Waals surface area contributed by atoms with Gasteiger partial charge in [0.15, 0.2) is 9.84 Å². The molecule has 13 heteroatoms. The van der Waals surface area contributed by atoms with Gasteiger partial charge in [-0.15, -0.1) is 0 Å². The highest BCUT2D eigenvalue weighted by Gasteiger charge is 2.55. The molecule has 32 heavy (non-hydrogen) atoms. The number of benzene rings is 2. The van der Waals surface area contributed by atoms with Crippen LogP contribution in [0.5, 0.6) is 0 Å². The summed E-state index contributed by atoms with van der Waals surface area (Å²) >= 11 is 0. The summed E-state index contributed by atoms with van der Waals surface area (Å²) < 4.78 is 92.6. The van der Waals surface area contributed by atoms with Crippen molar-refractivity contribution >= 4 is 19.9 Å². The van der Waals surface area contributed by atoms with Crippen molar-refractivity contribution in [1.82, 2.24) is 4.31 Å². The molecule has 2 atom stereocenters. The molecule has 2 aromatic carbocycles. The Hall–Kier alpha value is -2.50. The molecule has 172 valence electrons. The van der Waals surface area contributed by atoms with Gasteiger partial charge in [0.2, 0.25) is 10.0 Å². The zero-order valence-electron chi connectivity index (χ0n) is 16.2. The second-order valence-electron chi connectivity index (χ2n) is 7.22. The molecule has 8 nitrogen and oxygen atoms in total. The Morgan fingerprint density at radius 2 is 1.69 bits per heavy atom. The number of sulfonamides is 1. The van der Waals surface area contributed by atoms with Crippen LogP contribution in [0.4, 0.5) is 13.2 Å². The summed E-state index contributed by atoms with van der Waals surface area (Å²) in [6.07, 6.45) is -5.00. The highest BCUT2D eigenvalue weighted by atomic mass is 32.2. The van der Waals surface area contributed by atoms with Gasteiger partial charge in [0.05, 0.1) is 33.6 Å². The largest absolute Gasteiger partial charge is 0.417 e. The first-order chi connectivity index (χ1) is 14.8. The van der Waals surface area contributed by atoms with E-state index in [9.17, 15) is 40.2 Å². The second-order valence-corrected chi connectivity index (χ2v) is 11.3. The van der Waals surface area contributed by atoms with Crippen molar-refractivity contribution in [2.24, 2.45) is 0 Å². The minimum absolute atomic E-state index is 0.153. The van der Waals surface area contributed by atoms with Crippen LogP contribution in [-0.2, 0) is 26.0 Å². The van der Waals surface area contributed by atoms with Crippen LogP contribution in [0.2, 0.25) is 0 Å². The maximum absolute atomic E-state index is 13.3. The fourth-order valence-corrected chi connectivity index (χ4v) is 7.27. The first-order valence-corrected chi connectivity index (χ1v) is 12.0. The Kier molecular flexibility index (Phi) is 6.13. The first kappa shape index (κ1) is 24.1. The SMILES string of the molecule is N#Cc1ccc(S(=O)(=O)[C@H]2CN(S(=O)(=O)c3ccccc3C(F)(F)F)C[C@@]2(O)CO)cc1. The zero-order valence-corrected chi connectivity index (χ0v) is 17.8. The van der Waals surface area contributed by atoms with Gasteiger partial charge in [-0.3, -0.25) is 0 Å². The van der Waals surface area contributed by atoms with Gasteiger partial charge in [-0.05, 0) is 36.4 Å². The Bertz CT molecular complexity index is 1270. The number of sulfone groups is 1. The number of β-amino-alcohol motifs (C(OH)–C–C–N with tert-alkyl or cyclic N) is 1. The van der Waals surface area contributed by atoms with E-state index in [1.807, 2.05) is 0 Å². The average Bonchev–Trinajstić information content (AvgIpc) is 3.13. The number of hydrogen-bond donors (Lipinski definition) is 2. The molecule has 1 fully saturated rings. The molecule has 3 rings (SSSR count). The zero-order chi connectivity index (χ0) is 23.9. The van der Waals surface area contributed by atoms with Crippen LogP contribution in [0.3, 0.4) is 0 Å². The van der Waals surface area contributed by atoms with Crippen LogP contribution in [0, 0.1) is 11.3 Å². The summed E-state index contributed by atoms with van der Waals surface area (Å²) in [6.45, 7) is -2.97. The van der Waals surface area contributed by atoms with Crippen LogP contribution < -0.4 is 0 Å². The molecule has 1 heterocycles. The minimum atomic E-state index is -5.00. The highest BCUT2D eigenvalue weighted by molar-refractivity contribution is 7.92. The van der Waals surface area contributed by atoms with Crippen molar-refractivity contribution < 1.29 is 40.2 Å². The number of nitrogens with zero attached hydrogens (tertiary/aromatic N) is 2. The standard InChI is InChI=1S/C19H17F3N2O6S2/c20-19(21,22)15-3-1-2-4-16(15)32(29,30)24-10-17(18(26,11-24)12-25)31(27,28)14-7-5-13(9-23)6-8-14/h1-8,17,25-26H,10-12H2/t17-,18+/m0/s1. The summed E-state index contributed by atoms with van der Waals surface area (Å²) in [7, 11) is -9.33. The van der Waals surface area contributed by atoms with Gasteiger partial charge in [-0.2, -0.15) is 22.7 Å². The summed E-state index contributed by atoms with van der Waals surface area (Å²) in [5, 5.41) is 27.4. The van der Waals surface area contributed by atoms with E-state index in [2.05, 4.69) is 0 Å². The number of aliphatic hydroxyl groups excluding tert-OH is 1. The molecule has 0 aliphatic carbocycles. The molecule has 1 aliphatic heterocycles. The van der Waals surface area contributed by atoms with Gasteiger partial charge in [0.25, 0.3) is 0 Å². The molecule has 0 amide bonds. The third-order valence-electron chi connectivity index (χ3n) is 5.19. The Balaban J connectivity index is 2.05. The lowest BCUT2D eigenvalue weighted by molar-refractivity contribution is -0.139. The third-order valence-corrected chi connectivity index (χ3v) is 9.33. The van der Waals surface area contributed by atoms with Crippen molar-refractivity contribution in [3.8, 4) is 6.07 Å². The van der Waals surface area contributed by atoms with E-state index < -0.39 is 67.0 Å². The fraction of sp³-hybridized carbons (Fsp3) is 0.316. The van der Waals surface area contributed by atoms with Gasteiger partial charge >= 0.3 is 6.18 Å². The van der Waals surface area contributed by atoms with Crippen LogP contribution in [0.25, 0.3) is 0 Å². The normalized spacial score (nSPS) is 22.6. The molecular weight excluding hydrogens is 473 g/mol. The van der Waals surface area contributed by atoms with E-state index >= 15 is 0 Å². The lowest BCUT2D eigenvalue weighted by atomic mass is 10.1. The quantitative estimate of drug-likeness (QED) is 0.642. The van der Waals surface area contributed by atoms with Crippen molar-refractivity contribution in [1.29, 1.82) is 5.26 Å². The van der Waals surface area contributed by atoms with Crippen LogP contribution in [0.1, 0.15) is 11.1 Å². The predicted molar refractivity (Wildman–Crippen MR) is 104 cm³/mol. The van der Waals surface area contributed by atoms with E-state index in [0.717, 1.165) is 30.3 Å². The number of alkyl halides is 3. The van der Waals surface area contributed by atoms with Crippen molar-refractivity contribution in [3.05, 3.63) is 59.7 Å². The number of rotatable bonds is 5. The van der Waals surface area contributed by atoms with Gasteiger partial charge in [-0.25, -0.2) is 16.8 Å². The van der Waals surface area contributed by atoms with E-state index in [0.29, 0.717) is 10.4 Å². The summed E-state index contributed by atoms with van der Waals surface area (Å²) in [4.78, 5) is -1.44. The molecule has 2 N–H and O–H groups in total. The van der Waals surface area contributed by atoms with Crippen LogP contribution in [-0.4, -0.2) is 61.9 Å². The number of aliphatic hydroxyl groups is 2. The van der Waals surface area contributed by atoms with E-state index in [-0.39, 0.29) is 10.5 Å². The summed E-state index contributed by atoms with van der Waals surface area (Å²) in [5.41, 5.74) is -3.75. The number of halogens is 3. The van der Waals surface area contributed by atoms with Gasteiger partial charge < -0.3 is 10.2 Å². The molecular formula is C19H17F3N2O6S2. The number of nitriles is 1. The summed E-state index contributed by atoms with van der Waals surface area (Å²) in [6, 6.07) is 9.78. The molecule has 0 saturated carbocycles. The monoisotopic (exact) mass is 490 g/mol. The third kappa shape index (κ3) is 4.12. The van der Waals surface area contributed by atoms with Crippen molar-refractivity contribution in [2.75, 3.05) is 19.7 Å². The van der Waals surface area contributed by atoms with Gasteiger partial charge in [0, 0.05) is 13.1 Å². The molecule has 0 radical (unpaired) electrons. The van der Waals surface area contributed by atoms with Crippen LogP contribution in [0.15, 0.2) is 58.3 Å². The predicted octanol–water partition coefficient (Wildman–Crippen LogP) is 1.15. The first-order valence-electron chi connectivity index (χ1n) is 9.01. The second kappa shape index (κ2) is 8.13. The molecule has 0 spiro atoms. The van der Waals surface area contributed by atoms with Gasteiger partial charge in [0.1, 0.15) is 10.9 Å². The fourth-order valence-electron chi connectivity index (χ4n) is 3.50. The minimum Gasteiger partial charge on any atom is -0.393 e. The van der Waals surface area contributed by atoms with Crippen LogP contribution >= 0.6 is 0 Å². The molecule has 0 aromatic heterocycles. The number of hydrogen-bond acceptors (Lipinski definition) is 7. The molecule has 1 aliphatic rings. The molecule has 2 aromatic rings. The molecule has 0 bridgehead atoms. The van der Waals surface area contributed by atoms with Gasteiger partial charge in [-0.1, -0.05) is 12.1 Å². The Morgan fingerprint density at radius 1 is 1.09 bits per heavy atom. The van der Waals surface area contributed by atoms with E-state index in [1.165, 1.54) is 12.1 Å².